The fraction of sp³-hybridized carbons (Fsp3) is 0.818. The van der Waals surface area contributed by atoms with E-state index in [2.05, 4.69) is 35.9 Å². The van der Waals surface area contributed by atoms with Crippen molar-refractivity contribution < 1.29 is 0 Å². The van der Waals surface area contributed by atoms with Gasteiger partial charge < -0.3 is 9.80 Å². The number of rotatable bonds is 4. The third kappa shape index (κ3) is 4.44. The molecule has 0 unspecified atom stereocenters. The maximum Gasteiger partial charge on any atom is 0.0110 e. The number of unbranched alkanes of at least 4 members (excludes halogenated alkanes) is 1. The maximum atomic E-state index is 2.57. The van der Waals surface area contributed by atoms with Gasteiger partial charge in [0.05, 0.1) is 0 Å². The SMILES string of the molecule is CC=CCCCN1CCN(C)CC1. The van der Waals surface area contributed by atoms with Crippen LogP contribution < -0.4 is 0 Å². The molecule has 2 nitrogen and oxygen atoms in total. The zero-order valence-electron chi connectivity index (χ0n) is 9.00. The first-order valence-electron chi connectivity index (χ1n) is 5.35. The average molecular weight is 182 g/mol. The molecule has 0 aromatic carbocycles. The molecule has 2 heteroatoms. The molecular weight excluding hydrogens is 160 g/mol. The van der Waals surface area contributed by atoms with Crippen LogP contribution in [0.25, 0.3) is 0 Å². The maximum absolute atomic E-state index is 2.57. The highest BCUT2D eigenvalue weighted by molar-refractivity contribution is 4.77. The third-order valence-corrected chi connectivity index (χ3v) is 2.68. The van der Waals surface area contributed by atoms with Gasteiger partial charge in [-0.05, 0) is 33.4 Å². The second-order valence-electron chi connectivity index (χ2n) is 3.86. The molecule has 0 amide bonds. The van der Waals surface area contributed by atoms with Gasteiger partial charge in [-0.1, -0.05) is 12.2 Å². The molecule has 0 bridgehead atoms. The van der Waals surface area contributed by atoms with Crippen molar-refractivity contribution in [3.05, 3.63) is 12.2 Å². The molecule has 0 aromatic rings. The van der Waals surface area contributed by atoms with Crippen molar-refractivity contribution in [1.29, 1.82) is 0 Å². The number of allylic oxidation sites excluding steroid dienone is 2. The van der Waals surface area contributed by atoms with E-state index in [-0.39, 0.29) is 0 Å². The van der Waals surface area contributed by atoms with E-state index in [1.54, 1.807) is 0 Å². The highest BCUT2D eigenvalue weighted by Crippen LogP contribution is 2.01. The van der Waals surface area contributed by atoms with Gasteiger partial charge >= 0.3 is 0 Å². The second kappa shape index (κ2) is 6.17. The molecule has 1 saturated heterocycles. The van der Waals surface area contributed by atoms with E-state index < -0.39 is 0 Å². The van der Waals surface area contributed by atoms with E-state index >= 15 is 0 Å². The number of hydrogen-bond donors (Lipinski definition) is 0. The van der Waals surface area contributed by atoms with Crippen molar-refractivity contribution in [2.75, 3.05) is 39.8 Å². The molecule has 1 heterocycles. The third-order valence-electron chi connectivity index (χ3n) is 2.68. The summed E-state index contributed by atoms with van der Waals surface area (Å²) in [6.45, 7) is 8.36. The van der Waals surface area contributed by atoms with Crippen LogP contribution in [0.15, 0.2) is 12.2 Å². The van der Waals surface area contributed by atoms with Gasteiger partial charge in [0.2, 0.25) is 0 Å². The standard InChI is InChI=1S/C11H22N2/c1-3-4-5-6-7-13-10-8-12(2)9-11-13/h3-4H,5-11H2,1-2H3. The molecule has 0 spiro atoms. The second-order valence-corrected chi connectivity index (χ2v) is 3.86. The Kier molecular flexibility index (Phi) is 5.09. The molecule has 0 aliphatic carbocycles. The van der Waals surface area contributed by atoms with Crippen molar-refractivity contribution in [3.63, 3.8) is 0 Å². The lowest BCUT2D eigenvalue weighted by Crippen LogP contribution is -2.44. The number of likely N-dealkylation sites (N-methyl/N-ethyl adjacent to an activating group) is 1. The topological polar surface area (TPSA) is 6.48 Å². The fourth-order valence-electron chi connectivity index (χ4n) is 1.67. The lowest BCUT2D eigenvalue weighted by molar-refractivity contribution is 0.153. The molecule has 0 atom stereocenters. The van der Waals surface area contributed by atoms with Gasteiger partial charge in [-0.15, -0.1) is 0 Å². The predicted octanol–water partition coefficient (Wildman–Crippen LogP) is 1.59. The molecule has 0 radical (unpaired) electrons. The Balaban J connectivity index is 2.02. The van der Waals surface area contributed by atoms with Gasteiger partial charge in [-0.25, -0.2) is 0 Å². The zero-order valence-corrected chi connectivity index (χ0v) is 9.00. The Morgan fingerprint density at radius 3 is 2.46 bits per heavy atom. The Bertz CT molecular complexity index is 146. The van der Waals surface area contributed by atoms with E-state index in [0.29, 0.717) is 0 Å². The summed E-state index contributed by atoms with van der Waals surface area (Å²) in [7, 11) is 2.21. The quantitative estimate of drug-likeness (QED) is 0.481. The van der Waals surface area contributed by atoms with Crippen LogP contribution >= 0.6 is 0 Å². The summed E-state index contributed by atoms with van der Waals surface area (Å²) in [5, 5.41) is 0. The average Bonchev–Trinajstić information content (AvgIpc) is 2.15. The van der Waals surface area contributed by atoms with Crippen LogP contribution in [-0.2, 0) is 0 Å². The highest BCUT2D eigenvalue weighted by Gasteiger charge is 2.12. The normalized spacial score (nSPS) is 21.4. The molecule has 1 rings (SSSR count). The van der Waals surface area contributed by atoms with Crippen molar-refractivity contribution in [2.45, 2.75) is 19.8 Å². The van der Waals surface area contributed by atoms with Crippen molar-refractivity contribution in [2.24, 2.45) is 0 Å². The van der Waals surface area contributed by atoms with Crippen LogP contribution in [0.1, 0.15) is 19.8 Å². The van der Waals surface area contributed by atoms with Crippen LogP contribution in [0.4, 0.5) is 0 Å². The van der Waals surface area contributed by atoms with E-state index in [1.807, 2.05) is 0 Å². The van der Waals surface area contributed by atoms with Gasteiger partial charge in [0.25, 0.3) is 0 Å². The minimum atomic E-state index is 1.24. The summed E-state index contributed by atoms with van der Waals surface area (Å²) in [6, 6.07) is 0. The number of piperazine rings is 1. The van der Waals surface area contributed by atoms with Gasteiger partial charge in [0.15, 0.2) is 0 Å². The Morgan fingerprint density at radius 2 is 1.85 bits per heavy atom. The summed E-state index contributed by atoms with van der Waals surface area (Å²) in [5.74, 6) is 0. The molecule has 1 fully saturated rings. The molecular formula is C11H22N2. The van der Waals surface area contributed by atoms with Crippen molar-refractivity contribution in [1.82, 2.24) is 9.80 Å². The minimum Gasteiger partial charge on any atom is -0.304 e. The smallest absolute Gasteiger partial charge is 0.0110 e. The molecule has 13 heavy (non-hydrogen) atoms. The van der Waals surface area contributed by atoms with Crippen LogP contribution in [0, 0.1) is 0 Å². The summed E-state index contributed by atoms with van der Waals surface area (Å²) in [5.41, 5.74) is 0. The number of hydrogen-bond acceptors (Lipinski definition) is 2. The van der Waals surface area contributed by atoms with Crippen LogP contribution in [0.3, 0.4) is 0 Å². The van der Waals surface area contributed by atoms with Crippen molar-refractivity contribution in [3.8, 4) is 0 Å². The largest absolute Gasteiger partial charge is 0.304 e. The Morgan fingerprint density at radius 1 is 1.15 bits per heavy atom. The molecule has 0 N–H and O–H groups in total. The van der Waals surface area contributed by atoms with Gasteiger partial charge in [0, 0.05) is 26.2 Å². The number of nitrogens with zero attached hydrogens (tertiary/aromatic N) is 2. The van der Waals surface area contributed by atoms with Crippen LogP contribution in [0.5, 0.6) is 0 Å². The minimum absolute atomic E-state index is 1.24. The molecule has 1 aliphatic rings. The van der Waals surface area contributed by atoms with Gasteiger partial charge in [0.1, 0.15) is 0 Å². The lowest BCUT2D eigenvalue weighted by Gasteiger charge is -2.32. The fourth-order valence-corrected chi connectivity index (χ4v) is 1.67. The lowest BCUT2D eigenvalue weighted by atomic mass is 10.2. The first-order chi connectivity index (χ1) is 6.33. The predicted molar refractivity (Wildman–Crippen MR) is 58.0 cm³/mol. The first-order valence-corrected chi connectivity index (χ1v) is 5.35. The highest BCUT2D eigenvalue weighted by atomic mass is 15.2. The Hall–Kier alpha value is -0.340. The first kappa shape index (κ1) is 10.7. The van der Waals surface area contributed by atoms with Gasteiger partial charge in [-0.3, -0.25) is 0 Å². The van der Waals surface area contributed by atoms with E-state index in [1.165, 1.54) is 45.6 Å². The Labute approximate surface area is 82.2 Å². The summed E-state index contributed by atoms with van der Waals surface area (Å²) in [4.78, 5) is 4.98. The summed E-state index contributed by atoms with van der Waals surface area (Å²) >= 11 is 0. The van der Waals surface area contributed by atoms with E-state index in [9.17, 15) is 0 Å². The summed E-state index contributed by atoms with van der Waals surface area (Å²) in [6.07, 6.45) is 6.96. The van der Waals surface area contributed by atoms with Crippen LogP contribution in [-0.4, -0.2) is 49.6 Å². The van der Waals surface area contributed by atoms with E-state index in [4.69, 9.17) is 0 Å². The van der Waals surface area contributed by atoms with Gasteiger partial charge in [-0.2, -0.15) is 0 Å². The van der Waals surface area contributed by atoms with Crippen molar-refractivity contribution >= 4 is 0 Å². The van der Waals surface area contributed by atoms with Crippen LogP contribution in [0.2, 0.25) is 0 Å². The molecule has 0 aromatic heterocycles. The zero-order chi connectivity index (χ0) is 9.52. The summed E-state index contributed by atoms with van der Waals surface area (Å²) < 4.78 is 0. The monoisotopic (exact) mass is 182 g/mol. The molecule has 1 aliphatic heterocycles. The van der Waals surface area contributed by atoms with E-state index in [0.717, 1.165) is 0 Å². The molecule has 0 saturated carbocycles. The molecule has 76 valence electrons.